The molecule has 4 nitrogen and oxygen atoms in total. The van der Waals surface area contributed by atoms with Crippen molar-refractivity contribution in [2.24, 2.45) is 0 Å². The number of carbonyl (C=O) groups is 1. The minimum absolute atomic E-state index is 0.218. The third-order valence-corrected chi connectivity index (χ3v) is 3.94. The molecule has 0 spiro atoms. The Labute approximate surface area is 136 Å². The van der Waals surface area contributed by atoms with Crippen LogP contribution < -0.4 is 15.4 Å². The molecule has 1 fully saturated rings. The van der Waals surface area contributed by atoms with Crippen molar-refractivity contribution in [3.8, 4) is 5.75 Å². The fourth-order valence-electron chi connectivity index (χ4n) is 2.51. The first-order chi connectivity index (χ1) is 10.7. The third-order valence-electron chi connectivity index (χ3n) is 3.72. The monoisotopic (exact) mass is 318 g/mol. The number of rotatable bonds is 4. The van der Waals surface area contributed by atoms with Crippen LogP contribution in [0, 0.1) is 0 Å². The molecular weight excluding hydrogens is 296 g/mol. The lowest BCUT2D eigenvalue weighted by molar-refractivity contribution is -0.115. The van der Waals surface area contributed by atoms with Crippen LogP contribution in [0.1, 0.15) is 37.7 Å². The Balaban J connectivity index is 1.78. The average Bonchev–Trinajstić information content (AvgIpc) is 2.54. The fraction of sp³-hybridized carbons (Fsp3) is 0.412. The summed E-state index contributed by atoms with van der Waals surface area (Å²) in [6.07, 6.45) is 9.23. The Bertz CT molecular complexity index is 534. The Kier molecular flexibility index (Phi) is 6.40. The van der Waals surface area contributed by atoms with Gasteiger partial charge in [-0.1, -0.05) is 31.4 Å². The third kappa shape index (κ3) is 5.48. The Morgan fingerprint density at radius 3 is 2.55 bits per heavy atom. The van der Waals surface area contributed by atoms with Gasteiger partial charge in [0.05, 0.1) is 7.11 Å². The summed E-state index contributed by atoms with van der Waals surface area (Å²) in [4.78, 5) is 11.8. The van der Waals surface area contributed by atoms with E-state index in [1.807, 2.05) is 24.3 Å². The number of methoxy groups -OCH3 is 1. The maximum Gasteiger partial charge on any atom is 0.250 e. The Morgan fingerprint density at radius 1 is 1.23 bits per heavy atom. The zero-order valence-corrected chi connectivity index (χ0v) is 13.6. The summed E-state index contributed by atoms with van der Waals surface area (Å²) in [7, 11) is 1.62. The van der Waals surface area contributed by atoms with Crippen molar-refractivity contribution in [1.29, 1.82) is 0 Å². The van der Waals surface area contributed by atoms with Gasteiger partial charge in [0.15, 0.2) is 5.11 Å². The largest absolute Gasteiger partial charge is 0.497 e. The van der Waals surface area contributed by atoms with Gasteiger partial charge in [-0.3, -0.25) is 10.1 Å². The molecule has 5 heteroatoms. The second-order valence-electron chi connectivity index (χ2n) is 5.40. The summed E-state index contributed by atoms with van der Waals surface area (Å²) in [5.74, 6) is 0.573. The molecule has 118 valence electrons. The predicted octanol–water partition coefficient (Wildman–Crippen LogP) is 3.03. The minimum Gasteiger partial charge on any atom is -0.497 e. The summed E-state index contributed by atoms with van der Waals surface area (Å²) in [6.45, 7) is 0. The predicted molar refractivity (Wildman–Crippen MR) is 92.8 cm³/mol. The normalized spacial score (nSPS) is 15.5. The number of amides is 1. The number of ether oxygens (including phenoxy) is 1. The number of hydrogen-bond donors (Lipinski definition) is 2. The van der Waals surface area contributed by atoms with Crippen LogP contribution in [0.5, 0.6) is 5.75 Å². The molecule has 0 heterocycles. The topological polar surface area (TPSA) is 50.4 Å². The minimum atomic E-state index is -0.218. The highest BCUT2D eigenvalue weighted by Crippen LogP contribution is 2.17. The molecule has 0 unspecified atom stereocenters. The van der Waals surface area contributed by atoms with E-state index in [4.69, 9.17) is 17.0 Å². The standard InChI is InChI=1S/C17H22N2O2S/c1-21-15-10-7-13(8-11-15)9-12-16(20)19-17(22)18-14-5-3-2-4-6-14/h7-12,14H,2-6H2,1H3,(H2,18,19,20,22). The van der Waals surface area contributed by atoms with E-state index in [2.05, 4.69) is 10.6 Å². The summed E-state index contributed by atoms with van der Waals surface area (Å²) in [5.41, 5.74) is 0.933. The number of nitrogens with one attached hydrogen (secondary N) is 2. The average molecular weight is 318 g/mol. The van der Waals surface area contributed by atoms with E-state index in [1.165, 1.54) is 25.3 Å². The van der Waals surface area contributed by atoms with Crippen LogP contribution in [0.3, 0.4) is 0 Å². The first kappa shape index (κ1) is 16.5. The highest BCUT2D eigenvalue weighted by molar-refractivity contribution is 7.80. The van der Waals surface area contributed by atoms with Gasteiger partial charge in [-0.25, -0.2) is 0 Å². The number of thiocarbonyl (C=S) groups is 1. The molecule has 1 saturated carbocycles. The van der Waals surface area contributed by atoms with E-state index >= 15 is 0 Å². The second kappa shape index (κ2) is 8.54. The van der Waals surface area contributed by atoms with Crippen LogP contribution in [0.15, 0.2) is 30.3 Å². The van der Waals surface area contributed by atoms with Crippen LogP contribution in [0.25, 0.3) is 6.08 Å². The van der Waals surface area contributed by atoms with Gasteiger partial charge in [0.2, 0.25) is 5.91 Å². The lowest BCUT2D eigenvalue weighted by Crippen LogP contribution is -2.44. The molecule has 0 aliphatic heterocycles. The van der Waals surface area contributed by atoms with Gasteiger partial charge in [-0.2, -0.15) is 0 Å². The molecule has 2 N–H and O–H groups in total. The van der Waals surface area contributed by atoms with E-state index in [1.54, 1.807) is 13.2 Å². The van der Waals surface area contributed by atoms with Crippen molar-refractivity contribution in [3.05, 3.63) is 35.9 Å². The van der Waals surface area contributed by atoms with Crippen LogP contribution in [-0.2, 0) is 4.79 Å². The summed E-state index contributed by atoms with van der Waals surface area (Å²) < 4.78 is 5.09. The fourth-order valence-corrected chi connectivity index (χ4v) is 2.78. The molecule has 0 saturated heterocycles. The SMILES string of the molecule is COc1ccc(C=CC(=O)NC(=S)NC2CCCCC2)cc1. The Morgan fingerprint density at radius 2 is 1.91 bits per heavy atom. The quantitative estimate of drug-likeness (QED) is 0.662. The van der Waals surface area contributed by atoms with E-state index in [0.29, 0.717) is 11.2 Å². The maximum absolute atomic E-state index is 11.8. The number of hydrogen-bond acceptors (Lipinski definition) is 3. The van der Waals surface area contributed by atoms with Crippen molar-refractivity contribution in [2.75, 3.05) is 7.11 Å². The van der Waals surface area contributed by atoms with E-state index in [9.17, 15) is 4.79 Å². The van der Waals surface area contributed by atoms with Crippen LogP contribution >= 0.6 is 12.2 Å². The van der Waals surface area contributed by atoms with E-state index in [-0.39, 0.29) is 5.91 Å². The first-order valence-electron chi connectivity index (χ1n) is 7.61. The van der Waals surface area contributed by atoms with Gasteiger partial charge in [-0.15, -0.1) is 0 Å². The van der Waals surface area contributed by atoms with Crippen LogP contribution in [-0.4, -0.2) is 24.2 Å². The van der Waals surface area contributed by atoms with Crippen molar-refractivity contribution in [3.63, 3.8) is 0 Å². The molecule has 22 heavy (non-hydrogen) atoms. The molecule has 0 bridgehead atoms. The van der Waals surface area contributed by atoms with E-state index in [0.717, 1.165) is 24.2 Å². The summed E-state index contributed by atoms with van der Waals surface area (Å²) >= 11 is 5.18. The van der Waals surface area contributed by atoms with Crippen molar-refractivity contribution in [2.45, 2.75) is 38.1 Å². The Hall–Kier alpha value is -1.88. The lowest BCUT2D eigenvalue weighted by Gasteiger charge is -2.23. The summed E-state index contributed by atoms with van der Waals surface area (Å²) in [5, 5.41) is 6.32. The molecule has 1 amide bonds. The highest BCUT2D eigenvalue weighted by Gasteiger charge is 2.14. The van der Waals surface area contributed by atoms with Crippen LogP contribution in [0.4, 0.5) is 0 Å². The van der Waals surface area contributed by atoms with Gasteiger partial charge >= 0.3 is 0 Å². The zero-order valence-electron chi connectivity index (χ0n) is 12.8. The lowest BCUT2D eigenvalue weighted by atomic mass is 9.96. The summed E-state index contributed by atoms with van der Waals surface area (Å²) in [6, 6.07) is 7.88. The van der Waals surface area contributed by atoms with Crippen molar-refractivity contribution >= 4 is 29.3 Å². The smallest absolute Gasteiger partial charge is 0.250 e. The van der Waals surface area contributed by atoms with Crippen molar-refractivity contribution in [1.82, 2.24) is 10.6 Å². The van der Waals surface area contributed by atoms with Gasteiger partial charge in [0.1, 0.15) is 5.75 Å². The zero-order chi connectivity index (χ0) is 15.8. The molecule has 0 atom stereocenters. The van der Waals surface area contributed by atoms with Crippen LogP contribution in [0.2, 0.25) is 0 Å². The molecular formula is C17H22N2O2S. The molecule has 1 aromatic rings. The second-order valence-corrected chi connectivity index (χ2v) is 5.81. The molecule has 1 aliphatic carbocycles. The number of carbonyl (C=O) groups excluding carboxylic acids is 1. The van der Waals surface area contributed by atoms with Gasteiger partial charge in [-0.05, 0) is 48.8 Å². The molecule has 1 aliphatic rings. The molecule has 0 aromatic heterocycles. The van der Waals surface area contributed by atoms with Gasteiger partial charge < -0.3 is 10.1 Å². The highest BCUT2D eigenvalue weighted by atomic mass is 32.1. The molecule has 1 aromatic carbocycles. The van der Waals surface area contributed by atoms with E-state index < -0.39 is 0 Å². The molecule has 0 radical (unpaired) electrons. The van der Waals surface area contributed by atoms with Crippen molar-refractivity contribution < 1.29 is 9.53 Å². The maximum atomic E-state index is 11.8. The first-order valence-corrected chi connectivity index (χ1v) is 8.02. The van der Waals surface area contributed by atoms with Gasteiger partial charge in [0.25, 0.3) is 0 Å². The van der Waals surface area contributed by atoms with Gasteiger partial charge in [0, 0.05) is 12.1 Å². The molecule has 2 rings (SSSR count). The number of benzene rings is 1.